The van der Waals surface area contributed by atoms with Gasteiger partial charge in [-0.15, -0.1) is 0 Å². The molecule has 0 spiro atoms. The molecule has 0 saturated heterocycles. The van der Waals surface area contributed by atoms with E-state index in [0.29, 0.717) is 0 Å². The van der Waals surface area contributed by atoms with Crippen molar-refractivity contribution in [2.45, 2.75) is 6.92 Å². The summed E-state index contributed by atoms with van der Waals surface area (Å²) >= 11 is 0. The predicted octanol–water partition coefficient (Wildman–Crippen LogP) is 2.29. The number of rotatable bonds is 2. The fourth-order valence-corrected chi connectivity index (χ4v) is 0.778. The number of carbonyl (C=O) groups excluding carboxylic acids is 1. The molecule has 0 aliphatic rings. The zero-order valence-electron chi connectivity index (χ0n) is 6.77. The maximum Gasteiger partial charge on any atom is 2.00 e. The Kier molecular flexibility index (Phi) is 5.53. The Balaban J connectivity index is 0.00000121. The van der Waals surface area contributed by atoms with Crippen molar-refractivity contribution >= 4 is 11.9 Å². The van der Waals surface area contributed by atoms with Crippen LogP contribution in [0.25, 0.3) is 6.08 Å². The monoisotopic (exact) mass is 252 g/mol. The van der Waals surface area contributed by atoms with Crippen LogP contribution in [0.4, 0.5) is 0 Å². The zero-order chi connectivity index (χ0) is 8.10. The van der Waals surface area contributed by atoms with Crippen LogP contribution in [0.1, 0.15) is 12.5 Å². The van der Waals surface area contributed by atoms with Gasteiger partial charge in [0.2, 0.25) is 0 Å². The van der Waals surface area contributed by atoms with E-state index in [1.54, 1.807) is 13.0 Å². The molecule has 1 aromatic carbocycles. The molecule has 0 aliphatic carbocycles. The topological polar surface area (TPSA) is 17.1 Å². The Hall–Kier alpha value is -0.708. The van der Waals surface area contributed by atoms with Crippen molar-refractivity contribution in [1.82, 2.24) is 0 Å². The molecule has 0 saturated carbocycles. The molecule has 12 heavy (non-hydrogen) atoms. The van der Waals surface area contributed by atoms with Gasteiger partial charge in [-0.05, 0) is 18.6 Å². The van der Waals surface area contributed by atoms with Crippen molar-refractivity contribution in [3.8, 4) is 0 Å². The fourth-order valence-electron chi connectivity index (χ4n) is 0.778. The van der Waals surface area contributed by atoms with E-state index >= 15 is 0 Å². The van der Waals surface area contributed by atoms with Crippen LogP contribution in [-0.2, 0) is 25.2 Å². The van der Waals surface area contributed by atoms with Crippen molar-refractivity contribution in [2.24, 2.45) is 0 Å². The molecule has 0 bridgehead atoms. The van der Waals surface area contributed by atoms with Crippen LogP contribution in [0.3, 0.4) is 0 Å². The van der Waals surface area contributed by atoms with E-state index in [4.69, 9.17) is 0 Å². The number of hydrogen-bond donors (Lipinski definition) is 0. The summed E-state index contributed by atoms with van der Waals surface area (Å²) in [5, 5.41) is 0. The molecule has 0 radical (unpaired) electrons. The van der Waals surface area contributed by atoms with Gasteiger partial charge in [-0.3, -0.25) is 4.79 Å². The Morgan fingerprint density at radius 2 is 1.83 bits per heavy atom. The van der Waals surface area contributed by atoms with Crippen LogP contribution in [0, 0.1) is 0 Å². The first-order valence-corrected chi connectivity index (χ1v) is 3.53. The molecule has 0 atom stereocenters. The Labute approximate surface area is 86.1 Å². The second-order valence-electron chi connectivity index (χ2n) is 2.35. The Morgan fingerprint density at radius 3 is 2.33 bits per heavy atom. The quantitative estimate of drug-likeness (QED) is 0.583. The van der Waals surface area contributed by atoms with E-state index in [1.807, 2.05) is 36.4 Å². The maximum atomic E-state index is 10.5. The molecular weight excluding hydrogens is 243 g/mol. The number of ketones is 1. The van der Waals surface area contributed by atoms with Gasteiger partial charge >= 0.3 is 20.4 Å². The molecule has 1 aromatic rings. The van der Waals surface area contributed by atoms with Gasteiger partial charge in [0, 0.05) is 0 Å². The summed E-state index contributed by atoms with van der Waals surface area (Å²) in [7, 11) is 0. The van der Waals surface area contributed by atoms with Crippen molar-refractivity contribution in [1.29, 1.82) is 0 Å². The summed E-state index contributed by atoms with van der Waals surface area (Å²) in [6, 6.07) is 9.75. The first-order chi connectivity index (χ1) is 5.29. The van der Waals surface area contributed by atoms with Gasteiger partial charge in [0.25, 0.3) is 0 Å². The summed E-state index contributed by atoms with van der Waals surface area (Å²) in [6.07, 6.45) is 3.37. The standard InChI is InChI=1S/C10H10O.Pd/c1-9(11)7-8-10-5-3-2-4-6-10;/h2-8H,1H3;/q;+2/b8-7+;. The van der Waals surface area contributed by atoms with E-state index in [9.17, 15) is 4.79 Å². The minimum Gasteiger partial charge on any atom is -0.295 e. The smallest absolute Gasteiger partial charge is 0.295 e. The molecule has 2 heteroatoms. The van der Waals surface area contributed by atoms with Gasteiger partial charge in [-0.2, -0.15) is 0 Å². The number of carbonyl (C=O) groups is 1. The predicted molar refractivity (Wildman–Crippen MR) is 46.2 cm³/mol. The average molecular weight is 253 g/mol. The fraction of sp³-hybridized carbons (Fsp3) is 0.100. The second-order valence-corrected chi connectivity index (χ2v) is 2.35. The summed E-state index contributed by atoms with van der Waals surface area (Å²) in [4.78, 5) is 10.5. The van der Waals surface area contributed by atoms with Gasteiger partial charge in [0.1, 0.15) is 0 Å². The van der Waals surface area contributed by atoms with Gasteiger partial charge in [0.05, 0.1) is 0 Å². The van der Waals surface area contributed by atoms with Gasteiger partial charge in [0.15, 0.2) is 5.78 Å². The van der Waals surface area contributed by atoms with E-state index in [-0.39, 0.29) is 26.2 Å². The molecule has 0 N–H and O–H groups in total. The molecule has 0 fully saturated rings. The SMILES string of the molecule is CC(=O)/C=C/c1ccccc1.[Pd+2]. The number of benzene rings is 1. The summed E-state index contributed by atoms with van der Waals surface area (Å²) in [5.74, 6) is 0.0776. The van der Waals surface area contributed by atoms with Crippen molar-refractivity contribution in [3.63, 3.8) is 0 Å². The number of hydrogen-bond acceptors (Lipinski definition) is 1. The molecule has 0 aliphatic heterocycles. The van der Waals surface area contributed by atoms with E-state index in [2.05, 4.69) is 0 Å². The zero-order valence-corrected chi connectivity index (χ0v) is 8.32. The van der Waals surface area contributed by atoms with Crippen LogP contribution in [0.15, 0.2) is 36.4 Å². The normalized spacial score (nSPS) is 9.42. The Morgan fingerprint density at radius 1 is 1.25 bits per heavy atom. The van der Waals surface area contributed by atoms with Crippen molar-refractivity contribution in [3.05, 3.63) is 42.0 Å². The third-order valence-corrected chi connectivity index (χ3v) is 1.31. The molecule has 0 amide bonds. The second kappa shape index (κ2) is 5.88. The maximum absolute atomic E-state index is 10.5. The summed E-state index contributed by atoms with van der Waals surface area (Å²) in [6.45, 7) is 1.54. The minimum atomic E-state index is 0. The largest absolute Gasteiger partial charge is 2.00 e. The van der Waals surface area contributed by atoms with Crippen molar-refractivity contribution < 1.29 is 25.2 Å². The molecule has 0 unspecified atom stereocenters. The van der Waals surface area contributed by atoms with Crippen LogP contribution in [0.2, 0.25) is 0 Å². The van der Waals surface area contributed by atoms with Gasteiger partial charge in [-0.1, -0.05) is 36.4 Å². The summed E-state index contributed by atoms with van der Waals surface area (Å²) in [5.41, 5.74) is 1.06. The minimum absolute atomic E-state index is 0. The van der Waals surface area contributed by atoms with Crippen LogP contribution < -0.4 is 0 Å². The van der Waals surface area contributed by atoms with Crippen molar-refractivity contribution in [2.75, 3.05) is 0 Å². The first kappa shape index (κ1) is 11.3. The van der Waals surface area contributed by atoms with E-state index in [0.717, 1.165) is 5.56 Å². The van der Waals surface area contributed by atoms with E-state index < -0.39 is 0 Å². The van der Waals surface area contributed by atoms with Gasteiger partial charge < -0.3 is 0 Å². The average Bonchev–Trinajstić information content (AvgIpc) is 2.03. The third kappa shape index (κ3) is 4.23. The molecular formula is C10H10OPd+2. The summed E-state index contributed by atoms with van der Waals surface area (Å²) < 4.78 is 0. The van der Waals surface area contributed by atoms with E-state index in [1.165, 1.54) is 0 Å². The Bertz CT molecular complexity index is 264. The first-order valence-electron chi connectivity index (χ1n) is 3.53. The van der Waals surface area contributed by atoms with Gasteiger partial charge in [-0.25, -0.2) is 0 Å². The van der Waals surface area contributed by atoms with Crippen LogP contribution >= 0.6 is 0 Å². The molecule has 0 heterocycles. The molecule has 64 valence electrons. The van der Waals surface area contributed by atoms with Crippen LogP contribution in [0.5, 0.6) is 0 Å². The van der Waals surface area contributed by atoms with Crippen LogP contribution in [-0.4, -0.2) is 5.78 Å². The molecule has 0 aromatic heterocycles. The molecule has 1 rings (SSSR count). The number of allylic oxidation sites excluding steroid dienone is 1. The third-order valence-electron chi connectivity index (χ3n) is 1.31. The molecule has 1 nitrogen and oxygen atoms in total.